The Hall–Kier alpha value is -0.0800. The normalized spacial score (nSPS) is 17.4. The number of nitrogens with zero attached hydrogens (tertiary/aromatic N) is 2. The molecule has 0 saturated carbocycles. The molecule has 0 amide bonds. The molecule has 1 aliphatic heterocycles. The van der Waals surface area contributed by atoms with Gasteiger partial charge in [0.05, 0.1) is 0 Å². The lowest BCUT2D eigenvalue weighted by Crippen LogP contribution is -2.43. The van der Waals surface area contributed by atoms with Crippen LogP contribution in [0.25, 0.3) is 0 Å². The molecule has 0 aromatic carbocycles. The van der Waals surface area contributed by atoms with Gasteiger partial charge in [0, 0.05) is 39.9 Å². The first-order valence-electron chi connectivity index (χ1n) is 8.00. The van der Waals surface area contributed by atoms with Gasteiger partial charge in [-0.2, -0.15) is 0 Å². The maximum Gasteiger partial charge on any atom is 0.191 e. The number of hydrogen-bond acceptors (Lipinski definition) is 3. The molecule has 1 fully saturated rings. The predicted octanol–water partition coefficient (Wildman–Crippen LogP) is 1.93. The van der Waals surface area contributed by atoms with Crippen LogP contribution >= 0.6 is 24.0 Å². The van der Waals surface area contributed by atoms with Gasteiger partial charge in [-0.25, -0.2) is 0 Å². The summed E-state index contributed by atoms with van der Waals surface area (Å²) >= 11 is 0. The van der Waals surface area contributed by atoms with E-state index in [9.17, 15) is 0 Å². The van der Waals surface area contributed by atoms with Gasteiger partial charge >= 0.3 is 0 Å². The maximum absolute atomic E-state index is 5.31. The lowest BCUT2D eigenvalue weighted by Gasteiger charge is -2.30. The number of aliphatic imine (C=N–C) groups is 1. The van der Waals surface area contributed by atoms with Crippen molar-refractivity contribution in [3.8, 4) is 0 Å². The van der Waals surface area contributed by atoms with Crippen molar-refractivity contribution in [1.82, 2.24) is 15.5 Å². The summed E-state index contributed by atoms with van der Waals surface area (Å²) in [6.45, 7) is 11.4. The van der Waals surface area contributed by atoms with E-state index in [1.54, 1.807) is 0 Å². The van der Waals surface area contributed by atoms with E-state index in [1.165, 1.54) is 25.9 Å². The van der Waals surface area contributed by atoms with Crippen LogP contribution < -0.4 is 10.6 Å². The smallest absolute Gasteiger partial charge is 0.191 e. The molecule has 1 rings (SSSR count). The van der Waals surface area contributed by atoms with Crippen LogP contribution in [0.15, 0.2) is 4.99 Å². The molecule has 0 unspecified atom stereocenters. The van der Waals surface area contributed by atoms with E-state index in [0.717, 1.165) is 51.1 Å². The quantitative estimate of drug-likeness (QED) is 0.277. The van der Waals surface area contributed by atoms with Gasteiger partial charge in [-0.15, -0.1) is 24.0 Å². The number of nitrogens with one attached hydrogen (secondary N) is 2. The highest BCUT2D eigenvalue weighted by Gasteiger charge is 2.14. The summed E-state index contributed by atoms with van der Waals surface area (Å²) in [5.41, 5.74) is 0. The summed E-state index contributed by atoms with van der Waals surface area (Å²) in [4.78, 5) is 6.77. The number of rotatable bonds is 8. The van der Waals surface area contributed by atoms with Crippen LogP contribution in [-0.2, 0) is 4.74 Å². The molecule has 21 heavy (non-hydrogen) atoms. The number of hydrogen-bond donors (Lipinski definition) is 2. The average molecular weight is 412 g/mol. The molecule has 0 bridgehead atoms. The Morgan fingerprint density at radius 3 is 2.52 bits per heavy atom. The van der Waals surface area contributed by atoms with Crippen molar-refractivity contribution in [2.24, 2.45) is 10.9 Å². The van der Waals surface area contributed by atoms with Crippen molar-refractivity contribution < 1.29 is 4.74 Å². The van der Waals surface area contributed by atoms with Crippen molar-refractivity contribution in [1.29, 1.82) is 0 Å². The highest BCUT2D eigenvalue weighted by Crippen LogP contribution is 2.14. The summed E-state index contributed by atoms with van der Waals surface area (Å²) in [5.74, 6) is 1.80. The summed E-state index contributed by atoms with van der Waals surface area (Å²) in [5, 5.41) is 6.69. The van der Waals surface area contributed by atoms with Crippen LogP contribution in [-0.4, -0.2) is 63.8 Å². The van der Waals surface area contributed by atoms with E-state index in [1.807, 2.05) is 14.0 Å². The first-order valence-corrected chi connectivity index (χ1v) is 8.00. The molecule has 0 spiro atoms. The van der Waals surface area contributed by atoms with Gasteiger partial charge in [0.15, 0.2) is 5.96 Å². The molecular formula is C15H33IN4O. The van der Waals surface area contributed by atoms with E-state index in [0.29, 0.717) is 0 Å². The number of ether oxygens (including phenoxy) is 1. The lowest BCUT2D eigenvalue weighted by atomic mass is 9.99. The molecular weight excluding hydrogens is 379 g/mol. The van der Waals surface area contributed by atoms with Gasteiger partial charge in [-0.3, -0.25) is 4.99 Å². The Labute approximate surface area is 147 Å². The third kappa shape index (κ3) is 10.3. The zero-order valence-electron chi connectivity index (χ0n) is 13.9. The SMILES string of the molecule is CCOCCCNC(=NC)NCCN1CCC(C)CC1.I. The van der Waals surface area contributed by atoms with Crippen molar-refractivity contribution in [3.63, 3.8) is 0 Å². The summed E-state index contributed by atoms with van der Waals surface area (Å²) < 4.78 is 5.31. The second-order valence-corrected chi connectivity index (χ2v) is 5.50. The van der Waals surface area contributed by atoms with Gasteiger partial charge < -0.3 is 20.3 Å². The molecule has 0 atom stereocenters. The van der Waals surface area contributed by atoms with Gasteiger partial charge in [0.25, 0.3) is 0 Å². The summed E-state index contributed by atoms with van der Waals surface area (Å²) in [6, 6.07) is 0. The van der Waals surface area contributed by atoms with E-state index < -0.39 is 0 Å². The minimum Gasteiger partial charge on any atom is -0.382 e. The van der Waals surface area contributed by atoms with Crippen LogP contribution in [0.1, 0.15) is 33.1 Å². The second-order valence-electron chi connectivity index (χ2n) is 5.50. The Balaban J connectivity index is 0.00000400. The van der Waals surface area contributed by atoms with Gasteiger partial charge in [-0.1, -0.05) is 6.92 Å². The number of guanidine groups is 1. The Morgan fingerprint density at radius 2 is 1.90 bits per heavy atom. The monoisotopic (exact) mass is 412 g/mol. The number of piperidine rings is 1. The van der Waals surface area contributed by atoms with Gasteiger partial charge in [-0.05, 0) is 45.2 Å². The molecule has 126 valence electrons. The highest BCUT2D eigenvalue weighted by atomic mass is 127. The van der Waals surface area contributed by atoms with E-state index >= 15 is 0 Å². The van der Waals surface area contributed by atoms with Crippen molar-refractivity contribution in [2.45, 2.75) is 33.1 Å². The molecule has 6 heteroatoms. The number of halogens is 1. The fourth-order valence-electron chi connectivity index (χ4n) is 2.36. The first-order chi connectivity index (χ1) is 9.76. The van der Waals surface area contributed by atoms with Crippen molar-refractivity contribution in [3.05, 3.63) is 0 Å². The van der Waals surface area contributed by atoms with Crippen molar-refractivity contribution in [2.75, 3.05) is 53.0 Å². The molecule has 0 aromatic rings. The topological polar surface area (TPSA) is 48.9 Å². The molecule has 0 radical (unpaired) electrons. The Morgan fingerprint density at radius 1 is 1.24 bits per heavy atom. The largest absolute Gasteiger partial charge is 0.382 e. The van der Waals surface area contributed by atoms with Crippen LogP contribution in [0.5, 0.6) is 0 Å². The maximum atomic E-state index is 5.31. The number of likely N-dealkylation sites (tertiary alicyclic amines) is 1. The highest BCUT2D eigenvalue weighted by molar-refractivity contribution is 14.0. The zero-order chi connectivity index (χ0) is 14.6. The van der Waals surface area contributed by atoms with Gasteiger partial charge in [0.2, 0.25) is 0 Å². The molecule has 0 aromatic heterocycles. The van der Waals surface area contributed by atoms with Crippen LogP contribution in [0.2, 0.25) is 0 Å². The fourth-order valence-corrected chi connectivity index (χ4v) is 2.36. The minimum absolute atomic E-state index is 0. The zero-order valence-corrected chi connectivity index (χ0v) is 16.2. The summed E-state index contributed by atoms with van der Waals surface area (Å²) in [7, 11) is 1.82. The average Bonchev–Trinajstić information content (AvgIpc) is 2.47. The van der Waals surface area contributed by atoms with Crippen LogP contribution in [0, 0.1) is 5.92 Å². The molecule has 2 N–H and O–H groups in total. The van der Waals surface area contributed by atoms with E-state index in [4.69, 9.17) is 4.74 Å². The van der Waals surface area contributed by atoms with E-state index in [-0.39, 0.29) is 24.0 Å². The molecule has 0 aliphatic carbocycles. The molecule has 1 aliphatic rings. The molecule has 5 nitrogen and oxygen atoms in total. The lowest BCUT2D eigenvalue weighted by molar-refractivity contribution is 0.145. The summed E-state index contributed by atoms with van der Waals surface area (Å²) in [6.07, 6.45) is 3.69. The fraction of sp³-hybridized carbons (Fsp3) is 0.933. The minimum atomic E-state index is 0. The second kappa shape index (κ2) is 13.6. The van der Waals surface area contributed by atoms with E-state index in [2.05, 4.69) is 27.4 Å². The van der Waals surface area contributed by atoms with Crippen molar-refractivity contribution >= 4 is 29.9 Å². The standard InChI is InChI=1S/C15H32N4O.HI/c1-4-20-13-5-8-17-15(16-3)18-9-12-19-10-6-14(2)7-11-19;/h14H,4-13H2,1-3H3,(H2,16,17,18);1H. The Bertz CT molecular complexity index is 268. The third-order valence-electron chi connectivity index (χ3n) is 3.78. The molecule has 1 saturated heterocycles. The predicted molar refractivity (Wildman–Crippen MR) is 101 cm³/mol. The third-order valence-corrected chi connectivity index (χ3v) is 3.78. The van der Waals surface area contributed by atoms with Crippen LogP contribution in [0.4, 0.5) is 0 Å². The molecule has 1 heterocycles. The Kier molecular flexibility index (Phi) is 13.5. The van der Waals surface area contributed by atoms with Crippen LogP contribution in [0.3, 0.4) is 0 Å². The first kappa shape index (κ1) is 20.9. The van der Waals surface area contributed by atoms with Gasteiger partial charge in [0.1, 0.15) is 0 Å².